The van der Waals surface area contributed by atoms with Crippen LogP contribution in [-0.4, -0.2) is 8.42 Å². The highest BCUT2D eigenvalue weighted by molar-refractivity contribution is 9.10. The van der Waals surface area contributed by atoms with Crippen LogP contribution in [0.1, 0.15) is 18.1 Å². The molecule has 0 saturated carbocycles. The number of nitrogen functional groups attached to an aromatic ring is 1. The summed E-state index contributed by atoms with van der Waals surface area (Å²) in [6, 6.07) is 10.2. The maximum Gasteiger partial charge on any atom is 0.262 e. The summed E-state index contributed by atoms with van der Waals surface area (Å²) in [5.74, 6) is 0. The second kappa shape index (κ2) is 6.07. The highest BCUT2D eigenvalue weighted by Crippen LogP contribution is 2.28. The Labute approximate surface area is 133 Å². The Bertz CT molecular complexity index is 773. The molecular formula is C15H17BrN2O2S. The minimum absolute atomic E-state index is 0.158. The Hall–Kier alpha value is -1.53. The standard InChI is InChI=1S/C15H17BrN2O2S/c1-3-11-7-8-12(9-13(11)17)21(19,20)18-14-6-4-5-10(2)15(14)16/h4-9,18H,3,17H2,1-2H3. The molecule has 0 amide bonds. The molecule has 2 rings (SSSR count). The minimum atomic E-state index is -3.66. The van der Waals surface area contributed by atoms with Crippen LogP contribution in [0.4, 0.5) is 11.4 Å². The zero-order valence-corrected chi connectivity index (χ0v) is 14.3. The fourth-order valence-corrected chi connectivity index (χ4v) is 3.59. The van der Waals surface area contributed by atoms with Gasteiger partial charge in [-0.1, -0.05) is 25.1 Å². The predicted octanol–water partition coefficient (Wildman–Crippen LogP) is 3.70. The van der Waals surface area contributed by atoms with Crippen LogP contribution in [0.2, 0.25) is 0 Å². The Morgan fingerprint density at radius 3 is 2.57 bits per heavy atom. The normalized spacial score (nSPS) is 11.4. The summed E-state index contributed by atoms with van der Waals surface area (Å²) in [5.41, 5.74) is 8.76. The Balaban J connectivity index is 2.39. The van der Waals surface area contributed by atoms with E-state index < -0.39 is 10.0 Å². The predicted molar refractivity (Wildman–Crippen MR) is 89.9 cm³/mol. The van der Waals surface area contributed by atoms with E-state index in [1.807, 2.05) is 19.9 Å². The Morgan fingerprint density at radius 1 is 1.24 bits per heavy atom. The topological polar surface area (TPSA) is 72.2 Å². The first kappa shape index (κ1) is 15.9. The number of sulfonamides is 1. The largest absolute Gasteiger partial charge is 0.398 e. The summed E-state index contributed by atoms with van der Waals surface area (Å²) in [7, 11) is -3.66. The van der Waals surface area contributed by atoms with Crippen LogP contribution < -0.4 is 10.5 Å². The van der Waals surface area contributed by atoms with Gasteiger partial charge in [0.15, 0.2) is 0 Å². The van der Waals surface area contributed by atoms with Crippen molar-refractivity contribution in [2.75, 3.05) is 10.5 Å². The molecule has 0 atom stereocenters. The number of hydrogen-bond acceptors (Lipinski definition) is 3. The number of nitrogens with one attached hydrogen (secondary N) is 1. The molecule has 0 fully saturated rings. The first-order chi connectivity index (χ1) is 9.85. The summed E-state index contributed by atoms with van der Waals surface area (Å²) >= 11 is 3.39. The van der Waals surface area contributed by atoms with Crippen LogP contribution in [0, 0.1) is 6.92 Å². The van der Waals surface area contributed by atoms with E-state index in [-0.39, 0.29) is 4.90 Å². The van der Waals surface area contributed by atoms with Crippen LogP contribution in [0.15, 0.2) is 45.8 Å². The zero-order valence-electron chi connectivity index (χ0n) is 11.9. The monoisotopic (exact) mass is 368 g/mol. The van der Waals surface area contributed by atoms with E-state index in [1.54, 1.807) is 24.3 Å². The van der Waals surface area contributed by atoms with Crippen molar-refractivity contribution in [3.63, 3.8) is 0 Å². The zero-order chi connectivity index (χ0) is 15.6. The SMILES string of the molecule is CCc1ccc(S(=O)(=O)Nc2cccc(C)c2Br)cc1N. The summed E-state index contributed by atoms with van der Waals surface area (Å²) < 4.78 is 28.2. The lowest BCUT2D eigenvalue weighted by molar-refractivity contribution is 0.601. The molecule has 2 aromatic rings. The molecule has 6 heteroatoms. The van der Waals surface area contributed by atoms with Crippen molar-refractivity contribution in [3.8, 4) is 0 Å². The molecule has 0 aliphatic heterocycles. The van der Waals surface area contributed by atoms with Gasteiger partial charge in [-0.25, -0.2) is 8.42 Å². The number of aryl methyl sites for hydroxylation is 2. The van der Waals surface area contributed by atoms with Crippen LogP contribution in [0.25, 0.3) is 0 Å². The highest BCUT2D eigenvalue weighted by atomic mass is 79.9. The van der Waals surface area contributed by atoms with Gasteiger partial charge in [-0.05, 0) is 58.6 Å². The van der Waals surface area contributed by atoms with Crippen LogP contribution in [-0.2, 0) is 16.4 Å². The molecule has 0 aliphatic carbocycles. The number of benzene rings is 2. The molecule has 2 aromatic carbocycles. The summed E-state index contributed by atoms with van der Waals surface area (Å²) in [6.07, 6.45) is 0.767. The fraction of sp³-hybridized carbons (Fsp3) is 0.200. The van der Waals surface area contributed by atoms with Crippen molar-refractivity contribution in [3.05, 3.63) is 52.0 Å². The number of anilines is 2. The molecular weight excluding hydrogens is 352 g/mol. The minimum Gasteiger partial charge on any atom is -0.398 e. The molecule has 0 aliphatic rings. The maximum atomic E-state index is 12.4. The molecule has 3 N–H and O–H groups in total. The number of halogens is 1. The van der Waals surface area contributed by atoms with Gasteiger partial charge in [0, 0.05) is 10.2 Å². The Morgan fingerprint density at radius 2 is 1.95 bits per heavy atom. The average molecular weight is 369 g/mol. The molecule has 21 heavy (non-hydrogen) atoms. The molecule has 0 spiro atoms. The van der Waals surface area contributed by atoms with Gasteiger partial charge in [-0.15, -0.1) is 0 Å². The van der Waals surface area contributed by atoms with E-state index in [9.17, 15) is 8.42 Å². The third-order valence-corrected chi connectivity index (χ3v) is 5.66. The van der Waals surface area contributed by atoms with E-state index in [0.29, 0.717) is 11.4 Å². The second-order valence-electron chi connectivity index (χ2n) is 4.76. The first-order valence-corrected chi connectivity index (χ1v) is 8.79. The maximum absolute atomic E-state index is 12.4. The average Bonchev–Trinajstić information content (AvgIpc) is 2.43. The summed E-state index contributed by atoms with van der Waals surface area (Å²) in [4.78, 5) is 0.158. The summed E-state index contributed by atoms with van der Waals surface area (Å²) in [5, 5.41) is 0. The van der Waals surface area contributed by atoms with Crippen molar-refractivity contribution >= 4 is 37.3 Å². The van der Waals surface area contributed by atoms with Gasteiger partial charge in [0.25, 0.3) is 10.0 Å². The molecule has 0 heterocycles. The molecule has 0 bridgehead atoms. The third kappa shape index (κ3) is 3.39. The van der Waals surface area contributed by atoms with E-state index in [2.05, 4.69) is 20.7 Å². The molecule has 4 nitrogen and oxygen atoms in total. The number of nitrogens with two attached hydrogens (primary N) is 1. The third-order valence-electron chi connectivity index (χ3n) is 3.24. The van der Waals surface area contributed by atoms with Crippen LogP contribution in [0.5, 0.6) is 0 Å². The van der Waals surface area contributed by atoms with Crippen molar-refractivity contribution < 1.29 is 8.42 Å². The molecule has 0 unspecified atom stereocenters. The van der Waals surface area contributed by atoms with Crippen molar-refractivity contribution in [1.82, 2.24) is 0 Å². The fourth-order valence-electron chi connectivity index (χ4n) is 1.99. The molecule has 112 valence electrons. The number of rotatable bonds is 4. The smallest absolute Gasteiger partial charge is 0.262 e. The van der Waals surface area contributed by atoms with E-state index in [1.165, 1.54) is 6.07 Å². The highest BCUT2D eigenvalue weighted by Gasteiger charge is 2.17. The molecule has 0 saturated heterocycles. The number of hydrogen-bond donors (Lipinski definition) is 2. The lowest BCUT2D eigenvalue weighted by Gasteiger charge is -2.12. The van der Waals surface area contributed by atoms with Gasteiger partial charge in [-0.3, -0.25) is 4.72 Å². The van der Waals surface area contributed by atoms with Gasteiger partial charge in [0.05, 0.1) is 10.6 Å². The molecule has 0 aromatic heterocycles. The summed E-state index contributed by atoms with van der Waals surface area (Å²) in [6.45, 7) is 3.87. The van der Waals surface area contributed by atoms with Gasteiger partial charge in [-0.2, -0.15) is 0 Å². The lowest BCUT2D eigenvalue weighted by atomic mass is 10.1. The van der Waals surface area contributed by atoms with Gasteiger partial charge < -0.3 is 5.73 Å². The van der Waals surface area contributed by atoms with Crippen molar-refractivity contribution in [1.29, 1.82) is 0 Å². The quantitative estimate of drug-likeness (QED) is 0.808. The van der Waals surface area contributed by atoms with E-state index in [0.717, 1.165) is 22.0 Å². The second-order valence-corrected chi connectivity index (χ2v) is 7.23. The lowest BCUT2D eigenvalue weighted by Crippen LogP contribution is -2.14. The van der Waals surface area contributed by atoms with E-state index in [4.69, 9.17) is 5.73 Å². The first-order valence-electron chi connectivity index (χ1n) is 6.51. The van der Waals surface area contributed by atoms with Crippen molar-refractivity contribution in [2.45, 2.75) is 25.2 Å². The molecule has 0 radical (unpaired) electrons. The van der Waals surface area contributed by atoms with Crippen molar-refractivity contribution in [2.24, 2.45) is 0 Å². The van der Waals surface area contributed by atoms with E-state index >= 15 is 0 Å². The van der Waals surface area contributed by atoms with Crippen LogP contribution in [0.3, 0.4) is 0 Å². The van der Waals surface area contributed by atoms with Gasteiger partial charge in [0.2, 0.25) is 0 Å². The van der Waals surface area contributed by atoms with Crippen LogP contribution >= 0.6 is 15.9 Å². The van der Waals surface area contributed by atoms with Gasteiger partial charge in [0.1, 0.15) is 0 Å². The van der Waals surface area contributed by atoms with Gasteiger partial charge >= 0.3 is 0 Å². The Kier molecular flexibility index (Phi) is 4.58.